The summed E-state index contributed by atoms with van der Waals surface area (Å²) >= 11 is 6.12. The Morgan fingerprint density at radius 3 is 2.19 bits per heavy atom. The average molecular weight is 384 g/mol. The van der Waals surface area contributed by atoms with Crippen molar-refractivity contribution in [3.63, 3.8) is 0 Å². The van der Waals surface area contributed by atoms with Crippen LogP contribution in [0.3, 0.4) is 0 Å². The number of hydrogen-bond donors (Lipinski definition) is 0. The molecule has 4 fully saturated rings. The van der Waals surface area contributed by atoms with Crippen LogP contribution in [0.5, 0.6) is 0 Å². The summed E-state index contributed by atoms with van der Waals surface area (Å²) < 4.78 is 5.58. The van der Waals surface area contributed by atoms with Crippen molar-refractivity contribution >= 4 is 23.5 Å². The third-order valence-electron chi connectivity index (χ3n) is 5.50. The summed E-state index contributed by atoms with van der Waals surface area (Å²) in [5.74, 6) is 1.58. The van der Waals surface area contributed by atoms with Gasteiger partial charge in [-0.15, -0.1) is 0 Å². The highest BCUT2D eigenvalue weighted by Crippen LogP contribution is 2.38. The van der Waals surface area contributed by atoms with E-state index in [2.05, 4.69) is 19.8 Å². The Hall–Kier alpha value is -1.99. The first kappa shape index (κ1) is 17.1. The van der Waals surface area contributed by atoms with E-state index in [0.717, 1.165) is 61.7 Å². The number of rotatable bonds is 4. The highest BCUT2D eigenvalue weighted by Gasteiger charge is 2.51. The molecule has 4 bridgehead atoms. The first-order valence-corrected chi connectivity index (χ1v) is 9.58. The fraction of sp³-hybridized carbons (Fsp3) is 0.400. The number of furan rings is 1. The molecule has 1 aromatic heterocycles. The fourth-order valence-corrected chi connectivity index (χ4v) is 4.81. The molecule has 0 unspecified atom stereocenters. The molecule has 0 amide bonds. The van der Waals surface area contributed by atoms with Crippen molar-refractivity contribution < 1.29 is 4.42 Å². The van der Waals surface area contributed by atoms with E-state index < -0.39 is 0 Å². The molecule has 0 saturated carbocycles. The van der Waals surface area contributed by atoms with Gasteiger partial charge >= 0.3 is 0 Å². The van der Waals surface area contributed by atoms with Gasteiger partial charge in [-0.3, -0.25) is 14.7 Å². The average Bonchev–Trinajstić information content (AvgIpc) is 3.04. The molecule has 27 heavy (non-hydrogen) atoms. The van der Waals surface area contributed by atoms with Crippen LogP contribution in [0.4, 0.5) is 0 Å². The lowest BCUT2D eigenvalue weighted by Gasteiger charge is -2.60. The smallest absolute Gasteiger partial charge is 0.147 e. The molecule has 0 atom stereocenters. The number of halogens is 1. The van der Waals surface area contributed by atoms with Crippen LogP contribution in [0.15, 0.2) is 51.0 Å². The van der Waals surface area contributed by atoms with Crippen molar-refractivity contribution in [2.75, 3.05) is 39.6 Å². The van der Waals surface area contributed by atoms with Crippen LogP contribution in [0.2, 0.25) is 5.02 Å². The second-order valence-electron chi connectivity index (χ2n) is 7.84. The molecule has 4 aliphatic rings. The van der Waals surface area contributed by atoms with Gasteiger partial charge in [-0.2, -0.15) is 10.2 Å². The van der Waals surface area contributed by atoms with Crippen molar-refractivity contribution in [1.29, 1.82) is 0 Å². The van der Waals surface area contributed by atoms with E-state index in [-0.39, 0.29) is 5.41 Å². The van der Waals surface area contributed by atoms with Crippen molar-refractivity contribution in [3.8, 4) is 0 Å². The minimum Gasteiger partial charge on any atom is -0.460 e. The Morgan fingerprint density at radius 2 is 1.63 bits per heavy atom. The fourth-order valence-electron chi connectivity index (χ4n) is 4.69. The zero-order chi connectivity index (χ0) is 18.4. The summed E-state index contributed by atoms with van der Waals surface area (Å²) in [6.45, 7) is 8.08. The Kier molecular flexibility index (Phi) is 4.16. The van der Waals surface area contributed by atoms with Gasteiger partial charge in [0.15, 0.2) is 0 Å². The first-order chi connectivity index (χ1) is 13.1. The maximum absolute atomic E-state index is 6.12. The van der Waals surface area contributed by atoms with Crippen LogP contribution < -0.4 is 0 Å². The van der Waals surface area contributed by atoms with Crippen molar-refractivity contribution in [2.45, 2.75) is 6.92 Å². The third-order valence-corrected chi connectivity index (χ3v) is 5.75. The second-order valence-corrected chi connectivity index (χ2v) is 8.28. The van der Waals surface area contributed by atoms with Gasteiger partial charge in [-0.05, 0) is 36.8 Å². The lowest BCUT2D eigenvalue weighted by Crippen LogP contribution is -2.74. The van der Waals surface area contributed by atoms with Gasteiger partial charge in [0.05, 0.1) is 37.3 Å². The largest absolute Gasteiger partial charge is 0.460 e. The number of hydrogen-bond acceptors (Lipinski definition) is 6. The van der Waals surface area contributed by atoms with E-state index in [4.69, 9.17) is 21.1 Å². The molecule has 0 spiro atoms. The number of benzene rings is 1. The van der Waals surface area contributed by atoms with E-state index in [1.54, 1.807) is 6.21 Å². The third kappa shape index (κ3) is 3.23. The van der Waals surface area contributed by atoms with Crippen molar-refractivity contribution in [2.24, 2.45) is 15.6 Å². The summed E-state index contributed by atoms with van der Waals surface area (Å²) in [7, 11) is 0. The minimum absolute atomic E-state index is 0.0427. The standard InChI is InChI=1S/C20H22ClN5O/c1-15-2-7-18(27-15)8-22-23-19(16-3-5-17(21)6-4-16)20-9-24-12-25(10-20)14-26(11-20)13-24/h2-8H,9-14H2,1H3. The monoisotopic (exact) mass is 383 g/mol. The van der Waals surface area contributed by atoms with Gasteiger partial charge in [-0.1, -0.05) is 23.7 Å². The molecule has 0 radical (unpaired) electrons. The van der Waals surface area contributed by atoms with Crippen LogP contribution >= 0.6 is 11.6 Å². The highest BCUT2D eigenvalue weighted by molar-refractivity contribution is 6.30. The Labute approximate surface area is 163 Å². The summed E-state index contributed by atoms with van der Waals surface area (Å²) in [5, 5.41) is 9.84. The molecule has 2 aromatic rings. The van der Waals surface area contributed by atoms with Gasteiger partial charge in [0.1, 0.15) is 11.5 Å². The molecule has 6 rings (SSSR count). The normalized spacial score (nSPS) is 32.5. The van der Waals surface area contributed by atoms with Gasteiger partial charge < -0.3 is 4.42 Å². The first-order valence-electron chi connectivity index (χ1n) is 9.21. The maximum atomic E-state index is 6.12. The van der Waals surface area contributed by atoms with Crippen molar-refractivity contribution in [3.05, 3.63) is 58.5 Å². The van der Waals surface area contributed by atoms with Gasteiger partial charge in [-0.25, -0.2) is 0 Å². The van der Waals surface area contributed by atoms with E-state index in [0.29, 0.717) is 5.76 Å². The second kappa shape index (κ2) is 6.56. The van der Waals surface area contributed by atoms with Gasteiger partial charge in [0.2, 0.25) is 0 Å². The summed E-state index contributed by atoms with van der Waals surface area (Å²) in [4.78, 5) is 7.46. The van der Waals surface area contributed by atoms with E-state index in [1.807, 2.05) is 43.3 Å². The summed E-state index contributed by atoms with van der Waals surface area (Å²) in [6, 6.07) is 11.8. The minimum atomic E-state index is -0.0427. The Balaban J connectivity index is 1.53. The molecule has 0 aliphatic carbocycles. The lowest BCUT2D eigenvalue weighted by molar-refractivity contribution is -0.149. The molecule has 6 nitrogen and oxygen atoms in total. The van der Waals surface area contributed by atoms with Crippen molar-refractivity contribution in [1.82, 2.24) is 14.7 Å². The summed E-state index contributed by atoms with van der Waals surface area (Å²) in [6.07, 6.45) is 1.68. The number of nitrogens with zero attached hydrogens (tertiary/aromatic N) is 5. The molecule has 4 saturated heterocycles. The SMILES string of the molecule is Cc1ccc(C=NN=C(c2ccc(Cl)cc2)C23CN4CN(CN(C4)C2)C3)o1. The quantitative estimate of drug-likeness (QED) is 0.601. The summed E-state index contributed by atoms with van der Waals surface area (Å²) in [5.41, 5.74) is 2.06. The molecule has 7 heteroatoms. The predicted molar refractivity (Wildman–Crippen MR) is 106 cm³/mol. The molecule has 4 aliphatic heterocycles. The van der Waals surface area contributed by atoms with Crippen LogP contribution in [-0.4, -0.2) is 66.3 Å². The van der Waals surface area contributed by atoms with E-state index in [1.165, 1.54) is 0 Å². The highest BCUT2D eigenvalue weighted by atomic mass is 35.5. The predicted octanol–water partition coefficient (Wildman–Crippen LogP) is 2.87. The Morgan fingerprint density at radius 1 is 1.00 bits per heavy atom. The lowest BCUT2D eigenvalue weighted by atomic mass is 9.74. The zero-order valence-electron chi connectivity index (χ0n) is 15.3. The molecule has 140 valence electrons. The number of aryl methyl sites for hydroxylation is 1. The van der Waals surface area contributed by atoms with Gasteiger partial charge in [0, 0.05) is 24.7 Å². The molecular weight excluding hydrogens is 362 g/mol. The van der Waals surface area contributed by atoms with Gasteiger partial charge in [0.25, 0.3) is 0 Å². The molecular formula is C20H22ClN5O. The van der Waals surface area contributed by atoms with Crippen LogP contribution in [0, 0.1) is 12.3 Å². The topological polar surface area (TPSA) is 47.6 Å². The molecule has 5 heterocycles. The Bertz CT molecular complexity index is 866. The zero-order valence-corrected chi connectivity index (χ0v) is 16.1. The molecule has 1 aromatic carbocycles. The van der Waals surface area contributed by atoms with Crippen LogP contribution in [0.1, 0.15) is 17.1 Å². The van der Waals surface area contributed by atoms with Crippen LogP contribution in [-0.2, 0) is 0 Å². The maximum Gasteiger partial charge on any atom is 0.147 e. The van der Waals surface area contributed by atoms with E-state index in [9.17, 15) is 0 Å². The van der Waals surface area contributed by atoms with Crippen LogP contribution in [0.25, 0.3) is 0 Å². The molecule has 0 N–H and O–H groups in total. The van der Waals surface area contributed by atoms with E-state index >= 15 is 0 Å².